The number of nitrogens with two attached hydrogens (primary N) is 1. The third kappa shape index (κ3) is 2.79. The van der Waals surface area contributed by atoms with Gasteiger partial charge >= 0.3 is 0 Å². The fraction of sp³-hybridized carbons (Fsp3) is 0.643. The van der Waals surface area contributed by atoms with Crippen LogP contribution in [0, 0.1) is 0 Å². The first-order valence-corrected chi connectivity index (χ1v) is 10.5. The molecule has 27 heavy (non-hydrogen) atoms. The van der Waals surface area contributed by atoms with Gasteiger partial charge in [0, 0.05) is 0 Å². The first-order chi connectivity index (χ1) is 12.2. The first-order valence-electron chi connectivity index (χ1n) is 7.92. The molecule has 1 unspecified atom stereocenters. The van der Waals surface area contributed by atoms with Gasteiger partial charge < -0.3 is 35.0 Å². The molecule has 1 fully saturated rings. The molecule has 11 nitrogen and oxygen atoms in total. The summed E-state index contributed by atoms with van der Waals surface area (Å²) in [4.78, 5) is 34.7. The molecule has 0 saturated carbocycles. The van der Waals surface area contributed by atoms with Gasteiger partial charge in [0.05, 0.1) is 12.9 Å². The quantitative estimate of drug-likeness (QED) is 0.485. The molecule has 13 heteroatoms. The number of aromatic nitrogens is 4. The summed E-state index contributed by atoms with van der Waals surface area (Å²) in [6.45, 7) is 0.511. The molecule has 0 aromatic carbocycles. The molecule has 3 rings (SSSR count). The first kappa shape index (κ1) is 20.5. The van der Waals surface area contributed by atoms with Crippen molar-refractivity contribution in [3.05, 3.63) is 12.7 Å². The SMILES string of the molecule is CC1(O)[C@](C)(n2cnc3c(N)ncnc32)O[C@](C)(COP([O-])([O-])=S)[C@]1(C)O. The molecule has 2 aromatic rings. The summed E-state index contributed by atoms with van der Waals surface area (Å²) in [5.74, 6) is 0.135. The zero-order valence-electron chi connectivity index (χ0n) is 15.1. The Morgan fingerprint density at radius 1 is 1.22 bits per heavy atom. The van der Waals surface area contributed by atoms with E-state index < -0.39 is 35.9 Å². The number of aliphatic hydroxyl groups is 2. The van der Waals surface area contributed by atoms with Gasteiger partial charge in [-0.15, -0.1) is 11.8 Å². The summed E-state index contributed by atoms with van der Waals surface area (Å²) in [7, 11) is 0. The van der Waals surface area contributed by atoms with E-state index in [9.17, 15) is 20.0 Å². The smallest absolute Gasteiger partial charge is 0.177 e. The molecular weight excluding hydrogens is 397 g/mol. The van der Waals surface area contributed by atoms with Crippen LogP contribution in [0.3, 0.4) is 0 Å². The molecule has 0 radical (unpaired) electrons. The number of nitrogens with zero attached hydrogens (tertiary/aromatic N) is 4. The minimum Gasteiger partial charge on any atom is -0.812 e. The van der Waals surface area contributed by atoms with Crippen molar-refractivity contribution in [3.63, 3.8) is 0 Å². The van der Waals surface area contributed by atoms with Gasteiger partial charge in [-0.1, -0.05) is 6.72 Å². The number of rotatable bonds is 4. The molecule has 4 N–H and O–H groups in total. The van der Waals surface area contributed by atoms with Crippen LogP contribution in [0.4, 0.5) is 5.82 Å². The van der Waals surface area contributed by atoms with E-state index in [1.54, 1.807) is 0 Å². The Labute approximate surface area is 160 Å². The highest BCUT2D eigenvalue weighted by Gasteiger charge is 2.73. The number of nitrogen functional groups attached to an aromatic ring is 1. The summed E-state index contributed by atoms with van der Waals surface area (Å²) >= 11 is 4.25. The lowest BCUT2D eigenvalue weighted by atomic mass is 9.73. The Hall–Kier alpha value is -1.24. The molecule has 0 bridgehead atoms. The Morgan fingerprint density at radius 3 is 2.44 bits per heavy atom. The molecule has 0 aliphatic carbocycles. The highest BCUT2D eigenvalue weighted by Crippen LogP contribution is 2.55. The number of hydrogen-bond donors (Lipinski definition) is 3. The maximum absolute atomic E-state index is 11.3. The zero-order valence-corrected chi connectivity index (χ0v) is 16.8. The van der Waals surface area contributed by atoms with Crippen molar-refractivity contribution in [1.82, 2.24) is 19.5 Å². The van der Waals surface area contributed by atoms with Crippen molar-refractivity contribution < 1.29 is 29.3 Å². The van der Waals surface area contributed by atoms with Crippen molar-refractivity contribution in [1.29, 1.82) is 0 Å². The van der Waals surface area contributed by atoms with Crippen molar-refractivity contribution in [2.75, 3.05) is 12.3 Å². The van der Waals surface area contributed by atoms with Crippen LogP contribution in [0.5, 0.6) is 0 Å². The molecule has 0 spiro atoms. The normalized spacial score (nSPS) is 37.2. The number of imidazole rings is 1. The molecule has 4 atom stereocenters. The van der Waals surface area contributed by atoms with E-state index >= 15 is 0 Å². The van der Waals surface area contributed by atoms with Crippen LogP contribution < -0.4 is 15.5 Å². The summed E-state index contributed by atoms with van der Waals surface area (Å²) in [5, 5.41) is 22.4. The van der Waals surface area contributed by atoms with E-state index in [0.29, 0.717) is 0 Å². The molecule has 1 saturated heterocycles. The van der Waals surface area contributed by atoms with Crippen molar-refractivity contribution in [3.8, 4) is 0 Å². The minimum atomic E-state index is -4.50. The highest BCUT2D eigenvalue weighted by molar-refractivity contribution is 8.05. The largest absolute Gasteiger partial charge is 0.812 e. The molecule has 0 amide bonds. The van der Waals surface area contributed by atoms with Crippen LogP contribution in [0.25, 0.3) is 11.2 Å². The lowest BCUT2D eigenvalue weighted by Crippen LogP contribution is -2.63. The highest BCUT2D eigenvalue weighted by atomic mass is 32.5. The van der Waals surface area contributed by atoms with E-state index in [2.05, 4.69) is 26.8 Å². The summed E-state index contributed by atoms with van der Waals surface area (Å²) in [6.07, 6.45) is 2.58. The zero-order chi connectivity index (χ0) is 20.5. The van der Waals surface area contributed by atoms with E-state index in [-0.39, 0.29) is 17.0 Å². The molecule has 1 aliphatic rings. The fourth-order valence-corrected chi connectivity index (χ4v) is 3.99. The van der Waals surface area contributed by atoms with Crippen LogP contribution in [-0.4, -0.2) is 53.1 Å². The van der Waals surface area contributed by atoms with Gasteiger partial charge in [0.1, 0.15) is 28.6 Å². The second-order valence-electron chi connectivity index (χ2n) is 7.23. The minimum absolute atomic E-state index is 0.135. The second kappa shape index (κ2) is 5.88. The van der Waals surface area contributed by atoms with Gasteiger partial charge in [-0.25, -0.2) is 15.0 Å². The lowest BCUT2D eigenvalue weighted by molar-refractivity contribution is -0.325. The van der Waals surface area contributed by atoms with E-state index in [1.165, 1.54) is 44.9 Å². The lowest BCUT2D eigenvalue weighted by Gasteiger charge is -2.44. The van der Waals surface area contributed by atoms with Crippen LogP contribution in [0.2, 0.25) is 0 Å². The van der Waals surface area contributed by atoms with Crippen molar-refractivity contribution >= 4 is 35.5 Å². The van der Waals surface area contributed by atoms with E-state index in [4.69, 9.17) is 15.0 Å². The topological polar surface area (TPSA) is 175 Å². The Morgan fingerprint density at radius 2 is 1.85 bits per heavy atom. The number of anilines is 1. The van der Waals surface area contributed by atoms with Gasteiger partial charge in [-0.05, 0) is 27.7 Å². The van der Waals surface area contributed by atoms with Gasteiger partial charge in [-0.3, -0.25) is 4.57 Å². The van der Waals surface area contributed by atoms with Crippen LogP contribution in [-0.2, 0) is 26.8 Å². The Bertz CT molecular complexity index is 945. The van der Waals surface area contributed by atoms with Gasteiger partial charge in [0.15, 0.2) is 17.2 Å². The Balaban J connectivity index is 2.14. The molecule has 2 aromatic heterocycles. The molecule has 3 heterocycles. The van der Waals surface area contributed by atoms with Crippen LogP contribution in [0.1, 0.15) is 27.7 Å². The summed E-state index contributed by atoms with van der Waals surface area (Å²) < 4.78 is 12.2. The predicted octanol–water partition coefficient (Wildman–Crippen LogP) is -1.67. The monoisotopic (exact) mass is 417 g/mol. The van der Waals surface area contributed by atoms with Gasteiger partial charge in [0.2, 0.25) is 0 Å². The number of fused-ring (bicyclic) bond motifs is 1. The van der Waals surface area contributed by atoms with Crippen LogP contribution in [0.15, 0.2) is 12.7 Å². The second-order valence-corrected chi connectivity index (χ2v) is 9.72. The van der Waals surface area contributed by atoms with E-state index in [0.717, 1.165) is 0 Å². The van der Waals surface area contributed by atoms with Crippen molar-refractivity contribution in [2.24, 2.45) is 0 Å². The van der Waals surface area contributed by atoms with E-state index in [1.807, 2.05) is 0 Å². The molecule has 1 aliphatic heterocycles. The van der Waals surface area contributed by atoms with Crippen molar-refractivity contribution in [2.45, 2.75) is 50.2 Å². The third-order valence-electron chi connectivity index (χ3n) is 5.62. The fourth-order valence-electron chi connectivity index (χ4n) is 3.42. The predicted molar refractivity (Wildman–Crippen MR) is 94.4 cm³/mol. The molecular formula is C14H20N5O6PS-2. The standard InChI is InChI=1S/C14H22N5O6PS/c1-11(5-24-26(22,23)27)12(2,20)13(3,21)14(4,25-11)19-7-18-8-9(15)16-6-17-10(8)19/h6-7,20-21H,5H2,1-4H3,(H2,15,16,17)(H2,22,23,27)/p-2/t11-,12+,13?,14-/m1/s1. The van der Waals surface area contributed by atoms with Gasteiger partial charge in [0.25, 0.3) is 0 Å². The summed E-state index contributed by atoms with van der Waals surface area (Å²) in [6, 6.07) is 0. The Kier molecular flexibility index (Phi) is 4.46. The average Bonchev–Trinajstić information content (AvgIpc) is 3.01. The van der Waals surface area contributed by atoms with Gasteiger partial charge in [-0.2, -0.15) is 0 Å². The summed E-state index contributed by atoms with van der Waals surface area (Å²) in [5.41, 5.74) is -0.772. The number of hydrogen-bond acceptors (Lipinski definition) is 11. The maximum Gasteiger partial charge on any atom is 0.177 e. The third-order valence-corrected chi connectivity index (χ3v) is 6.39. The van der Waals surface area contributed by atoms with Crippen LogP contribution >= 0.6 is 6.72 Å². The average molecular weight is 417 g/mol. The maximum atomic E-state index is 11.3. The number of ether oxygens (including phenoxy) is 1. The molecule has 150 valence electrons.